The molecule has 166 valence electrons. The predicted molar refractivity (Wildman–Crippen MR) is 125 cm³/mol. The Morgan fingerprint density at radius 3 is 2.65 bits per heavy atom. The van der Waals surface area contributed by atoms with Crippen LogP contribution in [0.1, 0.15) is 23.1 Å². The lowest BCUT2D eigenvalue weighted by molar-refractivity contribution is -0.137. The molecule has 1 atom stereocenters. The fraction of sp³-hybridized carbons (Fsp3) is 0.350. The molecule has 0 saturated carbocycles. The number of hydrogen-bond acceptors (Lipinski definition) is 4. The molecule has 3 rings (SSSR count). The van der Waals surface area contributed by atoms with Gasteiger partial charge in [-0.05, 0) is 30.2 Å². The average Bonchev–Trinajstić information content (AvgIpc) is 3.19. The van der Waals surface area contributed by atoms with Crippen LogP contribution in [0.15, 0.2) is 41.5 Å². The zero-order valence-electron chi connectivity index (χ0n) is 16.6. The van der Waals surface area contributed by atoms with Gasteiger partial charge in [0.15, 0.2) is 5.96 Å². The van der Waals surface area contributed by atoms with Crippen molar-refractivity contribution < 1.29 is 13.2 Å². The van der Waals surface area contributed by atoms with Crippen LogP contribution in [-0.2, 0) is 12.7 Å². The van der Waals surface area contributed by atoms with Gasteiger partial charge in [0.25, 0.3) is 0 Å². The van der Waals surface area contributed by atoms with Crippen LogP contribution < -0.4 is 15.5 Å². The molecule has 0 bridgehead atoms. The first kappa shape index (κ1) is 25.0. The topological polar surface area (TPSA) is 76.3 Å². The summed E-state index contributed by atoms with van der Waals surface area (Å²) >= 11 is 6.05. The standard InChI is InChI=1S/C20H20ClF3N6.HI/c1-26-19(28-10-14-4-2-13(9-25)3-5-14)29-16-6-7-30(12-16)18-17(21)8-15(11-27-18)20(22,23)24;/h2-5,8,11,16H,6-7,10,12H2,1H3,(H2,26,28,29);1H. The first-order valence-corrected chi connectivity index (χ1v) is 9.62. The minimum Gasteiger partial charge on any atom is -0.353 e. The molecule has 2 N–H and O–H groups in total. The van der Waals surface area contributed by atoms with E-state index in [4.69, 9.17) is 16.9 Å². The van der Waals surface area contributed by atoms with E-state index in [1.807, 2.05) is 17.0 Å². The van der Waals surface area contributed by atoms with E-state index in [1.54, 1.807) is 19.2 Å². The minimum atomic E-state index is -4.47. The lowest BCUT2D eigenvalue weighted by Crippen LogP contribution is -2.44. The molecule has 0 aliphatic carbocycles. The van der Waals surface area contributed by atoms with Gasteiger partial charge in [-0.3, -0.25) is 4.99 Å². The molecule has 2 heterocycles. The molecule has 2 aromatic rings. The van der Waals surface area contributed by atoms with Crippen molar-refractivity contribution in [2.75, 3.05) is 25.0 Å². The van der Waals surface area contributed by atoms with Crippen molar-refractivity contribution in [2.24, 2.45) is 4.99 Å². The van der Waals surface area contributed by atoms with Crippen LogP contribution in [0.5, 0.6) is 0 Å². The number of alkyl halides is 3. The Morgan fingerprint density at radius 2 is 2.06 bits per heavy atom. The number of nitrogens with one attached hydrogen (secondary N) is 2. The number of hydrogen-bond donors (Lipinski definition) is 2. The van der Waals surface area contributed by atoms with E-state index in [0.717, 1.165) is 24.2 Å². The van der Waals surface area contributed by atoms with Crippen molar-refractivity contribution >= 4 is 47.4 Å². The van der Waals surface area contributed by atoms with Gasteiger partial charge in [-0.2, -0.15) is 18.4 Å². The maximum atomic E-state index is 12.8. The number of anilines is 1. The van der Waals surface area contributed by atoms with Gasteiger partial charge < -0.3 is 15.5 Å². The second kappa shape index (κ2) is 10.9. The molecule has 1 fully saturated rings. The molecule has 0 spiro atoms. The number of aliphatic imine (C=N–C) groups is 1. The van der Waals surface area contributed by atoms with Crippen LogP contribution in [0.2, 0.25) is 5.02 Å². The molecule has 1 saturated heterocycles. The summed E-state index contributed by atoms with van der Waals surface area (Å²) in [5, 5.41) is 15.4. The Labute approximate surface area is 200 Å². The fourth-order valence-electron chi connectivity index (χ4n) is 3.16. The third kappa shape index (κ3) is 6.61. The summed E-state index contributed by atoms with van der Waals surface area (Å²) in [6, 6.07) is 10.3. The van der Waals surface area contributed by atoms with Gasteiger partial charge in [0.1, 0.15) is 5.82 Å². The zero-order valence-corrected chi connectivity index (χ0v) is 19.7. The van der Waals surface area contributed by atoms with Crippen LogP contribution in [0.3, 0.4) is 0 Å². The van der Waals surface area contributed by atoms with Crippen LogP contribution in [0, 0.1) is 11.3 Å². The SMILES string of the molecule is CN=C(NCc1ccc(C#N)cc1)NC1CCN(c2ncc(C(F)(F)F)cc2Cl)C1.I. The lowest BCUT2D eigenvalue weighted by Gasteiger charge is -2.21. The first-order chi connectivity index (χ1) is 14.3. The number of guanidine groups is 1. The Kier molecular flexibility index (Phi) is 8.76. The molecule has 0 radical (unpaired) electrons. The quantitative estimate of drug-likeness (QED) is 0.331. The van der Waals surface area contributed by atoms with Crippen molar-refractivity contribution in [1.82, 2.24) is 15.6 Å². The van der Waals surface area contributed by atoms with Crippen LogP contribution in [0.25, 0.3) is 0 Å². The summed E-state index contributed by atoms with van der Waals surface area (Å²) in [5.41, 5.74) is 0.742. The van der Waals surface area contributed by atoms with E-state index in [0.29, 0.717) is 37.0 Å². The fourth-order valence-corrected chi connectivity index (χ4v) is 3.45. The smallest absolute Gasteiger partial charge is 0.353 e. The first-order valence-electron chi connectivity index (χ1n) is 9.24. The van der Waals surface area contributed by atoms with Crippen LogP contribution in [0.4, 0.5) is 19.0 Å². The second-order valence-electron chi connectivity index (χ2n) is 6.84. The molecule has 1 aromatic carbocycles. The molecule has 1 aliphatic rings. The highest BCUT2D eigenvalue weighted by Crippen LogP contribution is 2.34. The van der Waals surface area contributed by atoms with Gasteiger partial charge in [-0.15, -0.1) is 24.0 Å². The average molecular weight is 565 g/mol. The van der Waals surface area contributed by atoms with Crippen molar-refractivity contribution in [3.63, 3.8) is 0 Å². The summed E-state index contributed by atoms with van der Waals surface area (Å²) in [6.45, 7) is 1.69. The van der Waals surface area contributed by atoms with E-state index < -0.39 is 11.7 Å². The van der Waals surface area contributed by atoms with Gasteiger partial charge in [0, 0.05) is 38.9 Å². The summed E-state index contributed by atoms with van der Waals surface area (Å²) in [6.07, 6.45) is -2.91. The number of benzene rings is 1. The highest BCUT2D eigenvalue weighted by atomic mass is 127. The molecular formula is C20H21ClF3IN6. The lowest BCUT2D eigenvalue weighted by atomic mass is 10.1. The highest BCUT2D eigenvalue weighted by molar-refractivity contribution is 14.0. The van der Waals surface area contributed by atoms with Crippen LogP contribution >= 0.6 is 35.6 Å². The number of nitriles is 1. The van der Waals surface area contributed by atoms with E-state index in [1.165, 1.54) is 0 Å². The van der Waals surface area contributed by atoms with E-state index >= 15 is 0 Å². The number of pyridine rings is 1. The Bertz CT molecular complexity index is 959. The maximum absolute atomic E-state index is 12.8. The zero-order chi connectivity index (χ0) is 21.7. The van der Waals surface area contributed by atoms with E-state index in [9.17, 15) is 13.2 Å². The molecular weight excluding hydrogens is 544 g/mol. The Balaban J connectivity index is 0.00000341. The Hall–Kier alpha value is -2.26. The number of nitrogens with zero attached hydrogens (tertiary/aromatic N) is 4. The van der Waals surface area contributed by atoms with Crippen molar-refractivity contribution in [1.29, 1.82) is 5.26 Å². The molecule has 31 heavy (non-hydrogen) atoms. The third-order valence-corrected chi connectivity index (χ3v) is 5.02. The molecule has 1 aromatic heterocycles. The van der Waals surface area contributed by atoms with Gasteiger partial charge in [0.05, 0.1) is 22.2 Å². The normalized spacial score (nSPS) is 16.5. The van der Waals surface area contributed by atoms with E-state index in [2.05, 4.69) is 26.7 Å². The number of rotatable bonds is 4. The molecule has 6 nitrogen and oxygen atoms in total. The summed E-state index contributed by atoms with van der Waals surface area (Å²) in [4.78, 5) is 9.99. The minimum absolute atomic E-state index is 0. The molecule has 1 unspecified atom stereocenters. The predicted octanol–water partition coefficient (Wildman–Crippen LogP) is 4.19. The molecule has 1 aliphatic heterocycles. The van der Waals surface area contributed by atoms with Crippen LogP contribution in [-0.4, -0.2) is 37.1 Å². The van der Waals surface area contributed by atoms with Crippen molar-refractivity contribution in [2.45, 2.75) is 25.2 Å². The maximum Gasteiger partial charge on any atom is 0.417 e. The highest BCUT2D eigenvalue weighted by Gasteiger charge is 2.33. The summed E-state index contributed by atoms with van der Waals surface area (Å²) in [5.74, 6) is 0.951. The Morgan fingerprint density at radius 1 is 1.35 bits per heavy atom. The van der Waals surface area contributed by atoms with Crippen molar-refractivity contribution in [3.8, 4) is 6.07 Å². The van der Waals surface area contributed by atoms with Gasteiger partial charge in [-0.1, -0.05) is 23.7 Å². The summed E-state index contributed by atoms with van der Waals surface area (Å²) in [7, 11) is 1.66. The third-order valence-electron chi connectivity index (χ3n) is 4.74. The summed E-state index contributed by atoms with van der Waals surface area (Å²) < 4.78 is 38.4. The second-order valence-corrected chi connectivity index (χ2v) is 7.24. The molecule has 0 amide bonds. The van der Waals surface area contributed by atoms with Gasteiger partial charge in [0.2, 0.25) is 0 Å². The monoisotopic (exact) mass is 564 g/mol. The largest absolute Gasteiger partial charge is 0.417 e. The molecule has 11 heteroatoms. The number of aromatic nitrogens is 1. The van der Waals surface area contributed by atoms with Gasteiger partial charge >= 0.3 is 6.18 Å². The van der Waals surface area contributed by atoms with E-state index in [-0.39, 0.29) is 35.0 Å². The van der Waals surface area contributed by atoms with Crippen molar-refractivity contribution in [3.05, 3.63) is 58.2 Å². The number of halogens is 5. The van der Waals surface area contributed by atoms with Gasteiger partial charge in [-0.25, -0.2) is 4.98 Å².